The molecule has 0 saturated carbocycles. The Balaban J connectivity index is 1.56. The Morgan fingerprint density at radius 1 is 1.09 bits per heavy atom. The van der Waals surface area contributed by atoms with Crippen molar-refractivity contribution < 1.29 is 23.8 Å². The number of ether oxygens (including phenoxy) is 3. The number of Topliss-reactive ketones (excluding diaryl/α,β-unsaturated/α-hetero) is 1. The molecule has 0 N–H and O–H groups in total. The van der Waals surface area contributed by atoms with Gasteiger partial charge in [0.2, 0.25) is 6.10 Å². The molecule has 3 rings (SSSR count). The van der Waals surface area contributed by atoms with Crippen LogP contribution in [0.2, 0.25) is 5.02 Å². The molecule has 0 radical (unpaired) electrons. The minimum Gasteiger partial charge on any atom is -0.485 e. The second kappa shape index (κ2) is 6.71. The van der Waals surface area contributed by atoms with E-state index in [1.807, 2.05) is 6.07 Å². The van der Waals surface area contributed by atoms with Crippen LogP contribution in [0.1, 0.15) is 10.4 Å². The van der Waals surface area contributed by atoms with E-state index < -0.39 is 12.1 Å². The van der Waals surface area contributed by atoms with Gasteiger partial charge in [0.1, 0.15) is 6.61 Å². The molecule has 0 aromatic heterocycles. The topological polar surface area (TPSA) is 61.8 Å². The maximum absolute atomic E-state index is 12.0. The standard InChI is InChI=1S/C17H13ClO5/c18-12-7-5-11(6-8-12)13(19)9-22-17(20)16-10-21-14-3-1-2-4-15(14)23-16/h1-8,16H,9-10H2/t16-/m0/s1. The predicted molar refractivity (Wildman–Crippen MR) is 83.1 cm³/mol. The SMILES string of the molecule is O=C(COC(=O)[C@@H]1COc2ccccc2O1)c1ccc(Cl)cc1. The maximum Gasteiger partial charge on any atom is 0.351 e. The number of hydrogen-bond acceptors (Lipinski definition) is 5. The molecule has 23 heavy (non-hydrogen) atoms. The molecule has 1 heterocycles. The van der Waals surface area contributed by atoms with E-state index in [4.69, 9.17) is 25.8 Å². The molecule has 1 aliphatic heterocycles. The summed E-state index contributed by atoms with van der Waals surface area (Å²) in [7, 11) is 0. The lowest BCUT2D eigenvalue weighted by atomic mass is 10.1. The number of benzene rings is 2. The van der Waals surface area contributed by atoms with Crippen LogP contribution in [0, 0.1) is 0 Å². The van der Waals surface area contributed by atoms with Crippen molar-refractivity contribution in [3.05, 3.63) is 59.1 Å². The van der Waals surface area contributed by atoms with Crippen LogP contribution < -0.4 is 9.47 Å². The highest BCUT2D eigenvalue weighted by atomic mass is 35.5. The van der Waals surface area contributed by atoms with Crippen LogP contribution in [-0.4, -0.2) is 31.1 Å². The quantitative estimate of drug-likeness (QED) is 0.636. The highest BCUT2D eigenvalue weighted by Gasteiger charge is 2.29. The van der Waals surface area contributed by atoms with E-state index in [1.165, 1.54) is 0 Å². The molecule has 2 aromatic carbocycles. The smallest absolute Gasteiger partial charge is 0.351 e. The van der Waals surface area contributed by atoms with Crippen LogP contribution in [0.25, 0.3) is 0 Å². The molecule has 0 spiro atoms. The molecule has 0 amide bonds. The molecule has 6 heteroatoms. The Hall–Kier alpha value is -2.53. The summed E-state index contributed by atoms with van der Waals surface area (Å²) >= 11 is 5.76. The van der Waals surface area contributed by atoms with Crippen molar-refractivity contribution >= 4 is 23.4 Å². The molecule has 118 valence electrons. The molecule has 0 saturated heterocycles. The summed E-state index contributed by atoms with van der Waals surface area (Å²) in [5.74, 6) is 0.104. The van der Waals surface area contributed by atoms with Gasteiger partial charge in [-0.3, -0.25) is 4.79 Å². The van der Waals surface area contributed by atoms with Gasteiger partial charge in [-0.1, -0.05) is 23.7 Å². The summed E-state index contributed by atoms with van der Waals surface area (Å²) < 4.78 is 16.0. The monoisotopic (exact) mass is 332 g/mol. The third-order valence-electron chi connectivity index (χ3n) is 3.28. The average molecular weight is 333 g/mol. The molecule has 0 bridgehead atoms. The molecular formula is C17H13ClO5. The second-order valence-electron chi connectivity index (χ2n) is 4.90. The molecule has 2 aromatic rings. The van der Waals surface area contributed by atoms with Gasteiger partial charge in [0, 0.05) is 10.6 Å². The number of rotatable bonds is 4. The molecule has 1 atom stereocenters. The van der Waals surface area contributed by atoms with Gasteiger partial charge in [0.15, 0.2) is 23.9 Å². The summed E-state index contributed by atoms with van der Waals surface area (Å²) in [5.41, 5.74) is 0.424. The van der Waals surface area contributed by atoms with Crippen LogP contribution >= 0.6 is 11.6 Å². The highest BCUT2D eigenvalue weighted by Crippen LogP contribution is 2.31. The number of carbonyl (C=O) groups is 2. The zero-order chi connectivity index (χ0) is 16.2. The minimum absolute atomic E-state index is 0.0466. The van der Waals surface area contributed by atoms with E-state index >= 15 is 0 Å². The lowest BCUT2D eigenvalue weighted by molar-refractivity contribution is -0.153. The van der Waals surface area contributed by atoms with Crippen LogP contribution in [0.4, 0.5) is 0 Å². The number of fused-ring (bicyclic) bond motifs is 1. The number of para-hydroxylation sites is 2. The fourth-order valence-electron chi connectivity index (χ4n) is 2.08. The summed E-state index contributed by atoms with van der Waals surface area (Å²) in [6.45, 7) is -0.313. The number of carbonyl (C=O) groups excluding carboxylic acids is 2. The first-order chi connectivity index (χ1) is 11.1. The van der Waals surface area contributed by atoms with Gasteiger partial charge in [-0.2, -0.15) is 0 Å². The van der Waals surface area contributed by atoms with E-state index in [0.29, 0.717) is 22.1 Å². The van der Waals surface area contributed by atoms with Crippen molar-refractivity contribution in [1.82, 2.24) is 0 Å². The van der Waals surface area contributed by atoms with Gasteiger partial charge in [-0.05, 0) is 36.4 Å². The fourth-order valence-corrected chi connectivity index (χ4v) is 2.21. The van der Waals surface area contributed by atoms with E-state index in [0.717, 1.165) is 0 Å². The van der Waals surface area contributed by atoms with Gasteiger partial charge in [-0.15, -0.1) is 0 Å². The Kier molecular flexibility index (Phi) is 4.48. The zero-order valence-electron chi connectivity index (χ0n) is 12.0. The molecule has 1 aliphatic rings. The highest BCUT2D eigenvalue weighted by molar-refractivity contribution is 6.30. The van der Waals surface area contributed by atoms with Crippen molar-refractivity contribution in [1.29, 1.82) is 0 Å². The van der Waals surface area contributed by atoms with Gasteiger partial charge in [0.25, 0.3) is 0 Å². The summed E-state index contributed by atoms with van der Waals surface area (Å²) in [5, 5.41) is 0.532. The lowest BCUT2D eigenvalue weighted by Crippen LogP contribution is -2.38. The first-order valence-electron chi connectivity index (χ1n) is 6.97. The zero-order valence-corrected chi connectivity index (χ0v) is 12.8. The number of esters is 1. The summed E-state index contributed by atoms with van der Waals surface area (Å²) in [4.78, 5) is 23.9. The molecule has 0 fully saturated rings. The minimum atomic E-state index is -0.886. The second-order valence-corrected chi connectivity index (χ2v) is 5.34. The van der Waals surface area contributed by atoms with Crippen molar-refractivity contribution in [2.24, 2.45) is 0 Å². The van der Waals surface area contributed by atoms with E-state index in [-0.39, 0.29) is 19.0 Å². The normalized spacial score (nSPS) is 15.8. The molecular weight excluding hydrogens is 320 g/mol. The van der Waals surface area contributed by atoms with Crippen molar-refractivity contribution in [2.75, 3.05) is 13.2 Å². The van der Waals surface area contributed by atoms with Gasteiger partial charge < -0.3 is 14.2 Å². The Labute approximate surface area is 137 Å². The molecule has 0 aliphatic carbocycles. The first-order valence-corrected chi connectivity index (χ1v) is 7.35. The van der Waals surface area contributed by atoms with Gasteiger partial charge in [-0.25, -0.2) is 4.79 Å². The van der Waals surface area contributed by atoms with Crippen molar-refractivity contribution in [2.45, 2.75) is 6.10 Å². The third-order valence-corrected chi connectivity index (χ3v) is 3.54. The Morgan fingerprint density at radius 2 is 1.78 bits per heavy atom. The maximum atomic E-state index is 12.0. The molecule has 0 unspecified atom stereocenters. The number of hydrogen-bond donors (Lipinski definition) is 0. The largest absolute Gasteiger partial charge is 0.485 e. The lowest BCUT2D eigenvalue weighted by Gasteiger charge is -2.24. The Morgan fingerprint density at radius 3 is 2.52 bits per heavy atom. The van der Waals surface area contributed by atoms with Crippen molar-refractivity contribution in [3.8, 4) is 11.5 Å². The predicted octanol–water partition coefficient (Wildman–Crippen LogP) is 2.91. The average Bonchev–Trinajstić information content (AvgIpc) is 2.59. The van der Waals surface area contributed by atoms with Crippen molar-refractivity contribution in [3.63, 3.8) is 0 Å². The van der Waals surface area contributed by atoms with Gasteiger partial charge >= 0.3 is 5.97 Å². The van der Waals surface area contributed by atoms with Crippen LogP contribution in [0.3, 0.4) is 0 Å². The van der Waals surface area contributed by atoms with Gasteiger partial charge in [0.05, 0.1) is 0 Å². The third kappa shape index (κ3) is 3.63. The van der Waals surface area contributed by atoms with Crippen LogP contribution in [-0.2, 0) is 9.53 Å². The fraction of sp³-hybridized carbons (Fsp3) is 0.176. The summed E-state index contributed by atoms with van der Waals surface area (Å²) in [6, 6.07) is 13.4. The summed E-state index contributed by atoms with van der Waals surface area (Å²) in [6.07, 6.45) is -0.886. The van der Waals surface area contributed by atoms with Crippen LogP contribution in [0.5, 0.6) is 11.5 Å². The number of ketones is 1. The number of halogens is 1. The van der Waals surface area contributed by atoms with E-state index in [2.05, 4.69) is 0 Å². The first kappa shape index (κ1) is 15.4. The molecule has 5 nitrogen and oxygen atoms in total. The van der Waals surface area contributed by atoms with Crippen LogP contribution in [0.15, 0.2) is 48.5 Å². The van der Waals surface area contributed by atoms with E-state index in [9.17, 15) is 9.59 Å². The Bertz CT molecular complexity index is 726. The van der Waals surface area contributed by atoms with E-state index in [1.54, 1.807) is 42.5 Å².